The predicted octanol–water partition coefficient (Wildman–Crippen LogP) is 6.24. The molecule has 0 saturated carbocycles. The first-order valence-corrected chi connectivity index (χ1v) is 10.4. The highest BCUT2D eigenvalue weighted by atomic mass is 35.5. The van der Waals surface area contributed by atoms with Crippen LogP contribution in [0.2, 0.25) is 10.0 Å². The molecule has 0 aliphatic carbocycles. The summed E-state index contributed by atoms with van der Waals surface area (Å²) in [7, 11) is 0. The minimum absolute atomic E-state index is 0.178. The molecule has 4 rings (SSSR count). The lowest BCUT2D eigenvalue weighted by atomic mass is 9.97. The lowest BCUT2D eigenvalue weighted by Gasteiger charge is -2.33. The summed E-state index contributed by atoms with van der Waals surface area (Å²) in [4.78, 5) is 0. The van der Waals surface area contributed by atoms with Crippen LogP contribution in [0, 0.1) is 0 Å². The fraction of sp³-hybridized carbons (Fsp3) is 0.167. The second kappa shape index (κ2) is 8.50. The third kappa shape index (κ3) is 4.43. The molecule has 0 fully saturated rings. The summed E-state index contributed by atoms with van der Waals surface area (Å²) >= 11 is 12.4. The molecule has 0 spiro atoms. The van der Waals surface area contributed by atoms with Crippen molar-refractivity contribution in [2.45, 2.75) is 25.6 Å². The molecule has 29 heavy (non-hydrogen) atoms. The molecule has 1 aliphatic heterocycles. The molecule has 2 unspecified atom stereocenters. The van der Waals surface area contributed by atoms with E-state index < -0.39 is 0 Å². The van der Waals surface area contributed by atoms with Gasteiger partial charge in [-0.25, -0.2) is 0 Å². The van der Waals surface area contributed by atoms with Gasteiger partial charge in [-0.2, -0.15) is 0 Å². The van der Waals surface area contributed by atoms with Gasteiger partial charge < -0.3 is 10.4 Å². The van der Waals surface area contributed by atoms with Crippen molar-refractivity contribution in [3.05, 3.63) is 105 Å². The van der Waals surface area contributed by atoms with Gasteiger partial charge in [0.2, 0.25) is 0 Å². The number of halogens is 2. The predicted molar refractivity (Wildman–Crippen MR) is 120 cm³/mol. The van der Waals surface area contributed by atoms with Crippen molar-refractivity contribution in [2.75, 3.05) is 0 Å². The van der Waals surface area contributed by atoms with Crippen molar-refractivity contribution in [1.29, 1.82) is 0 Å². The Labute approximate surface area is 181 Å². The molecule has 3 N–H and O–H groups in total. The van der Waals surface area contributed by atoms with E-state index in [-0.39, 0.29) is 18.0 Å². The van der Waals surface area contributed by atoms with Crippen molar-refractivity contribution in [1.82, 2.24) is 10.6 Å². The van der Waals surface area contributed by atoms with Gasteiger partial charge in [-0.05, 0) is 59.5 Å². The van der Waals surface area contributed by atoms with E-state index in [0.29, 0.717) is 10.0 Å². The second-order valence-electron chi connectivity index (χ2n) is 7.11. The molecule has 5 heteroatoms. The van der Waals surface area contributed by atoms with Crippen LogP contribution in [-0.2, 0) is 6.42 Å². The molecule has 0 aromatic heterocycles. The van der Waals surface area contributed by atoms with E-state index in [1.165, 1.54) is 5.56 Å². The SMILES string of the molecule is CCc1ccc(C2=CC(c3cc(Cl)ccc3O)NC(c3cccc(Cl)c3)N2)cc1. The molecule has 0 radical (unpaired) electrons. The Kier molecular flexibility index (Phi) is 5.81. The Hall–Kier alpha value is -2.46. The molecule has 1 aliphatic rings. The van der Waals surface area contributed by atoms with Crippen LogP contribution < -0.4 is 10.6 Å². The van der Waals surface area contributed by atoms with Crippen molar-refractivity contribution < 1.29 is 5.11 Å². The van der Waals surface area contributed by atoms with E-state index in [9.17, 15) is 5.11 Å². The van der Waals surface area contributed by atoms with Gasteiger partial charge in [0.25, 0.3) is 0 Å². The van der Waals surface area contributed by atoms with Gasteiger partial charge in [0.15, 0.2) is 0 Å². The van der Waals surface area contributed by atoms with Gasteiger partial charge in [0.1, 0.15) is 11.9 Å². The minimum Gasteiger partial charge on any atom is -0.508 e. The van der Waals surface area contributed by atoms with Crippen LogP contribution in [0.15, 0.2) is 72.8 Å². The van der Waals surface area contributed by atoms with Crippen LogP contribution in [0.5, 0.6) is 5.75 Å². The number of rotatable bonds is 4. The molecule has 3 aromatic carbocycles. The Bertz CT molecular complexity index is 1050. The van der Waals surface area contributed by atoms with E-state index in [0.717, 1.165) is 28.8 Å². The summed E-state index contributed by atoms with van der Waals surface area (Å²) in [5.41, 5.74) is 5.11. The first kappa shape index (κ1) is 19.8. The van der Waals surface area contributed by atoms with Gasteiger partial charge in [0, 0.05) is 21.3 Å². The monoisotopic (exact) mass is 424 g/mol. The van der Waals surface area contributed by atoms with Crippen molar-refractivity contribution in [2.24, 2.45) is 0 Å². The number of aromatic hydroxyl groups is 1. The highest BCUT2D eigenvalue weighted by Crippen LogP contribution is 2.35. The molecule has 0 bridgehead atoms. The molecular formula is C24H22Cl2N2O. The highest BCUT2D eigenvalue weighted by Gasteiger charge is 2.26. The fourth-order valence-electron chi connectivity index (χ4n) is 3.56. The number of phenols is 1. The third-order valence-corrected chi connectivity index (χ3v) is 5.63. The average molecular weight is 425 g/mol. The summed E-state index contributed by atoms with van der Waals surface area (Å²) in [6, 6.07) is 21.1. The van der Waals surface area contributed by atoms with E-state index in [1.54, 1.807) is 18.2 Å². The molecule has 2 atom stereocenters. The summed E-state index contributed by atoms with van der Waals surface area (Å²) in [6.45, 7) is 2.14. The molecular weight excluding hydrogens is 403 g/mol. The lowest BCUT2D eigenvalue weighted by molar-refractivity contribution is 0.419. The van der Waals surface area contributed by atoms with Crippen molar-refractivity contribution in [3.63, 3.8) is 0 Å². The van der Waals surface area contributed by atoms with E-state index in [1.807, 2.05) is 24.3 Å². The summed E-state index contributed by atoms with van der Waals surface area (Å²) in [6.07, 6.45) is 2.90. The lowest BCUT2D eigenvalue weighted by Crippen LogP contribution is -2.39. The largest absolute Gasteiger partial charge is 0.508 e. The molecule has 0 saturated heterocycles. The van der Waals surface area contributed by atoms with Crippen LogP contribution in [0.1, 0.15) is 41.4 Å². The van der Waals surface area contributed by atoms with Gasteiger partial charge in [-0.1, -0.05) is 66.5 Å². The van der Waals surface area contributed by atoms with Crippen LogP contribution in [0.25, 0.3) is 5.70 Å². The fourth-order valence-corrected chi connectivity index (χ4v) is 3.94. The Balaban J connectivity index is 1.76. The van der Waals surface area contributed by atoms with Gasteiger partial charge in [0.05, 0.1) is 6.04 Å². The number of benzene rings is 3. The first-order chi connectivity index (χ1) is 14.0. The van der Waals surface area contributed by atoms with Crippen molar-refractivity contribution in [3.8, 4) is 5.75 Å². The smallest absolute Gasteiger partial charge is 0.120 e. The second-order valence-corrected chi connectivity index (χ2v) is 7.98. The molecule has 3 aromatic rings. The van der Waals surface area contributed by atoms with Crippen LogP contribution >= 0.6 is 23.2 Å². The maximum Gasteiger partial charge on any atom is 0.120 e. The number of aryl methyl sites for hydroxylation is 1. The quantitative estimate of drug-likeness (QED) is 0.464. The molecule has 3 nitrogen and oxygen atoms in total. The highest BCUT2D eigenvalue weighted by molar-refractivity contribution is 6.31. The maximum absolute atomic E-state index is 10.4. The topological polar surface area (TPSA) is 44.3 Å². The zero-order valence-corrected chi connectivity index (χ0v) is 17.5. The van der Waals surface area contributed by atoms with Crippen LogP contribution in [0.4, 0.5) is 0 Å². The molecule has 148 valence electrons. The molecule has 1 heterocycles. The van der Waals surface area contributed by atoms with Gasteiger partial charge >= 0.3 is 0 Å². The van der Waals surface area contributed by atoms with Crippen LogP contribution in [-0.4, -0.2) is 5.11 Å². The Morgan fingerprint density at radius 2 is 1.69 bits per heavy atom. The Morgan fingerprint density at radius 3 is 2.41 bits per heavy atom. The number of hydrogen-bond acceptors (Lipinski definition) is 3. The van der Waals surface area contributed by atoms with Crippen molar-refractivity contribution >= 4 is 28.9 Å². The van der Waals surface area contributed by atoms with E-state index in [4.69, 9.17) is 23.2 Å². The molecule has 0 amide bonds. The van der Waals surface area contributed by atoms with Crippen LogP contribution in [0.3, 0.4) is 0 Å². The normalized spacial score (nSPS) is 18.8. The Morgan fingerprint density at radius 1 is 0.931 bits per heavy atom. The third-order valence-electron chi connectivity index (χ3n) is 5.16. The average Bonchev–Trinajstić information content (AvgIpc) is 2.75. The van der Waals surface area contributed by atoms with E-state index in [2.05, 4.69) is 47.9 Å². The summed E-state index contributed by atoms with van der Waals surface area (Å²) in [5.74, 6) is 0.204. The number of phenolic OH excluding ortho intramolecular Hbond substituents is 1. The first-order valence-electron chi connectivity index (χ1n) is 9.61. The van der Waals surface area contributed by atoms with Gasteiger partial charge in [-0.3, -0.25) is 5.32 Å². The summed E-state index contributed by atoms with van der Waals surface area (Å²) in [5, 5.41) is 18.8. The zero-order chi connectivity index (χ0) is 20.4. The van der Waals surface area contributed by atoms with Gasteiger partial charge in [-0.15, -0.1) is 0 Å². The number of nitrogens with one attached hydrogen (secondary N) is 2. The van der Waals surface area contributed by atoms with E-state index >= 15 is 0 Å². The zero-order valence-electron chi connectivity index (χ0n) is 16.0. The minimum atomic E-state index is -0.222. The number of hydrogen-bond donors (Lipinski definition) is 3. The maximum atomic E-state index is 10.4. The summed E-state index contributed by atoms with van der Waals surface area (Å²) < 4.78 is 0. The standard InChI is InChI=1S/C24H22Cl2N2O/c1-2-15-6-8-16(9-7-15)21-14-22(20-13-19(26)10-11-23(20)29)28-24(27-21)17-4-3-5-18(25)12-17/h3-14,22,24,27-29H,2H2,1H3.